The van der Waals surface area contributed by atoms with Gasteiger partial charge in [0.05, 0.1) is 17.3 Å². The van der Waals surface area contributed by atoms with Gasteiger partial charge in [0.15, 0.2) is 5.79 Å². The van der Waals surface area contributed by atoms with Crippen LogP contribution in [0.3, 0.4) is 0 Å². The Morgan fingerprint density at radius 2 is 1.90 bits per heavy atom. The molecule has 0 aromatic heterocycles. The summed E-state index contributed by atoms with van der Waals surface area (Å²) in [5.41, 5.74) is 7.13. The topological polar surface area (TPSA) is 84.6 Å². The fourth-order valence-electron chi connectivity index (χ4n) is 2.58. The lowest BCUT2D eigenvalue weighted by Gasteiger charge is -2.19. The summed E-state index contributed by atoms with van der Waals surface area (Å²) in [6, 6.07) is 8.34. The molecular formula is C21H27Cl2FN2O3. The molecule has 1 amide bonds. The van der Waals surface area contributed by atoms with E-state index >= 15 is 0 Å². The number of anilines is 2. The van der Waals surface area contributed by atoms with Gasteiger partial charge >= 0.3 is 0 Å². The van der Waals surface area contributed by atoms with E-state index in [9.17, 15) is 9.50 Å². The molecule has 5 nitrogen and oxygen atoms in total. The smallest absolute Gasteiger partial charge is 0.204 e. The number of halogens is 3. The molecule has 0 aliphatic carbocycles. The quantitative estimate of drug-likeness (QED) is 0.394. The molecule has 0 atom stereocenters. The highest BCUT2D eigenvalue weighted by Gasteiger charge is 2.15. The number of carbonyl (C=O) groups excluding carboxylic acids is 1. The predicted molar refractivity (Wildman–Crippen MR) is 116 cm³/mol. The third kappa shape index (κ3) is 8.58. The summed E-state index contributed by atoms with van der Waals surface area (Å²) >= 11 is 12.5. The summed E-state index contributed by atoms with van der Waals surface area (Å²) in [6.45, 7) is 7.39. The van der Waals surface area contributed by atoms with Crippen LogP contribution in [-0.4, -0.2) is 23.9 Å². The molecule has 0 aliphatic rings. The van der Waals surface area contributed by atoms with Gasteiger partial charge in [-0.2, -0.15) is 0 Å². The van der Waals surface area contributed by atoms with Crippen molar-refractivity contribution in [1.82, 2.24) is 0 Å². The van der Waals surface area contributed by atoms with Crippen molar-refractivity contribution >= 4 is 41.0 Å². The number of carbonyl (C=O) groups is 1. The zero-order valence-electron chi connectivity index (χ0n) is 16.9. The Labute approximate surface area is 181 Å². The lowest BCUT2D eigenvalue weighted by molar-refractivity contribution is -0.175. The molecule has 0 unspecified atom stereocenters. The van der Waals surface area contributed by atoms with Gasteiger partial charge in [0.1, 0.15) is 5.82 Å². The molecule has 2 rings (SSSR count). The largest absolute Gasteiger partial charge is 0.372 e. The van der Waals surface area contributed by atoms with Gasteiger partial charge in [-0.3, -0.25) is 4.79 Å². The lowest BCUT2D eigenvalue weighted by Crippen LogP contribution is -2.24. The van der Waals surface area contributed by atoms with E-state index in [1.807, 2.05) is 6.07 Å². The summed E-state index contributed by atoms with van der Waals surface area (Å²) < 4.78 is 19.3. The average molecular weight is 445 g/mol. The molecule has 0 radical (unpaired) electrons. The summed E-state index contributed by atoms with van der Waals surface area (Å²) in [6.07, 6.45) is 0.594. The second-order valence-electron chi connectivity index (χ2n) is 7.12. The predicted octanol–water partition coefficient (Wildman–Crippen LogP) is 5.39. The number of nitrogens with two attached hydrogens (primary N) is 1. The first-order valence-electron chi connectivity index (χ1n) is 9.04. The zero-order chi connectivity index (χ0) is 22.2. The van der Waals surface area contributed by atoms with Gasteiger partial charge in [0.25, 0.3) is 0 Å². The van der Waals surface area contributed by atoms with Crippen LogP contribution in [0, 0.1) is 5.82 Å². The van der Waals surface area contributed by atoms with E-state index in [0.29, 0.717) is 22.0 Å². The van der Waals surface area contributed by atoms with Crippen LogP contribution in [0.1, 0.15) is 44.7 Å². The first-order valence-corrected chi connectivity index (χ1v) is 9.80. The summed E-state index contributed by atoms with van der Waals surface area (Å²) in [4.78, 5) is 8.58. The highest BCUT2D eigenvalue weighted by molar-refractivity contribution is 6.36. The normalized spacial score (nSPS) is 11.1. The average Bonchev–Trinajstić information content (AvgIpc) is 2.59. The van der Waals surface area contributed by atoms with Crippen LogP contribution in [0.5, 0.6) is 0 Å². The van der Waals surface area contributed by atoms with Crippen LogP contribution in [0.4, 0.5) is 15.8 Å². The molecule has 4 N–H and O–H groups in total. The monoisotopic (exact) mass is 444 g/mol. The zero-order valence-corrected chi connectivity index (χ0v) is 18.4. The summed E-state index contributed by atoms with van der Waals surface area (Å²) in [5, 5.41) is 14.0. The molecule has 0 aliphatic heterocycles. The molecule has 0 fully saturated rings. The minimum Gasteiger partial charge on any atom is -0.372 e. The van der Waals surface area contributed by atoms with Gasteiger partial charge in [-0.25, -0.2) is 4.39 Å². The number of rotatable bonds is 7. The maximum Gasteiger partial charge on any atom is 0.204 e. The highest BCUT2D eigenvalue weighted by Crippen LogP contribution is 2.36. The summed E-state index contributed by atoms with van der Waals surface area (Å²) in [7, 11) is 0. The van der Waals surface area contributed by atoms with Crippen molar-refractivity contribution in [3.05, 3.63) is 57.3 Å². The first kappa shape index (κ1) is 25.2. The van der Waals surface area contributed by atoms with Gasteiger partial charge in [-0.15, -0.1) is 0 Å². The number of ether oxygens (including phenoxy) is 1. The van der Waals surface area contributed by atoms with E-state index < -0.39 is 5.79 Å². The summed E-state index contributed by atoms with van der Waals surface area (Å²) in [5.74, 6) is -1.34. The third-order valence-electron chi connectivity index (χ3n) is 3.85. The molecule has 0 bridgehead atoms. The first-order chi connectivity index (χ1) is 13.5. The van der Waals surface area contributed by atoms with Gasteiger partial charge < -0.3 is 20.9 Å². The Morgan fingerprint density at radius 3 is 2.45 bits per heavy atom. The molecule has 29 heavy (non-hydrogen) atoms. The van der Waals surface area contributed by atoms with Crippen molar-refractivity contribution in [3.8, 4) is 0 Å². The Morgan fingerprint density at radius 1 is 1.28 bits per heavy atom. The van der Waals surface area contributed by atoms with Gasteiger partial charge in [-0.1, -0.05) is 37.0 Å². The van der Waals surface area contributed by atoms with E-state index in [1.165, 1.54) is 19.9 Å². The van der Waals surface area contributed by atoms with E-state index in [2.05, 4.69) is 24.9 Å². The lowest BCUT2D eigenvalue weighted by atomic mass is 10.0. The molecule has 2 aromatic carbocycles. The SMILES string of the molecule is CC(C)c1cc(Cl)cc(Cl)c1Nc1ccc(F)c(CCOC(C)(C)O)c1.NC=O. The molecule has 2 aromatic rings. The molecule has 0 saturated carbocycles. The fourth-order valence-corrected chi connectivity index (χ4v) is 3.14. The Bertz CT molecular complexity index is 824. The van der Waals surface area contributed by atoms with Crippen molar-refractivity contribution in [3.63, 3.8) is 0 Å². The van der Waals surface area contributed by atoms with Crippen molar-refractivity contribution < 1.29 is 19.0 Å². The number of amides is 1. The highest BCUT2D eigenvalue weighted by atomic mass is 35.5. The third-order valence-corrected chi connectivity index (χ3v) is 4.37. The van der Waals surface area contributed by atoms with Crippen molar-refractivity contribution in [1.29, 1.82) is 0 Å². The maximum absolute atomic E-state index is 14.1. The van der Waals surface area contributed by atoms with Gasteiger partial charge in [-0.05, 0) is 67.6 Å². The number of aliphatic hydroxyl groups is 1. The standard InChI is InChI=1S/C20H24Cl2FNO2.CH3NO/c1-12(2)16-10-14(21)11-17(22)19(16)24-15-5-6-18(23)13(9-15)7-8-26-20(3,4)25;2-1-3/h5-6,9-12,24-25H,7-8H2,1-4H3;1H,(H2,2,3). The Kier molecular flexibility index (Phi) is 9.86. The second kappa shape index (κ2) is 11.4. The van der Waals surface area contributed by atoms with Crippen LogP contribution in [-0.2, 0) is 16.0 Å². The second-order valence-corrected chi connectivity index (χ2v) is 7.96. The number of hydrogen-bond donors (Lipinski definition) is 3. The van der Waals surface area contributed by atoms with E-state index in [4.69, 9.17) is 32.7 Å². The Balaban J connectivity index is 0.00000132. The molecular weight excluding hydrogens is 418 g/mol. The van der Waals surface area contributed by atoms with Crippen LogP contribution in [0.15, 0.2) is 30.3 Å². The molecule has 0 heterocycles. The van der Waals surface area contributed by atoms with Crippen molar-refractivity contribution in [2.24, 2.45) is 5.73 Å². The van der Waals surface area contributed by atoms with Crippen LogP contribution in [0.25, 0.3) is 0 Å². The molecule has 160 valence electrons. The van der Waals surface area contributed by atoms with Crippen molar-refractivity contribution in [2.45, 2.75) is 45.8 Å². The molecule has 8 heteroatoms. The van der Waals surface area contributed by atoms with Crippen LogP contribution >= 0.6 is 23.2 Å². The van der Waals surface area contributed by atoms with Gasteiger partial charge in [0, 0.05) is 10.7 Å². The minimum absolute atomic E-state index is 0.211. The van der Waals surface area contributed by atoms with E-state index in [-0.39, 0.29) is 24.8 Å². The number of nitrogens with one attached hydrogen (secondary N) is 1. The van der Waals surface area contributed by atoms with Gasteiger partial charge in [0.2, 0.25) is 6.41 Å². The number of hydrogen-bond acceptors (Lipinski definition) is 4. The minimum atomic E-state index is -1.24. The number of primary amides is 1. The molecule has 0 saturated heterocycles. The maximum atomic E-state index is 14.1. The van der Waals surface area contributed by atoms with Crippen molar-refractivity contribution in [2.75, 3.05) is 11.9 Å². The van der Waals surface area contributed by atoms with E-state index in [0.717, 1.165) is 16.9 Å². The number of benzene rings is 2. The molecule has 0 spiro atoms. The van der Waals surface area contributed by atoms with E-state index in [1.54, 1.807) is 18.2 Å². The van der Waals surface area contributed by atoms with Crippen LogP contribution < -0.4 is 11.1 Å². The Hall–Kier alpha value is -1.86. The fraction of sp³-hybridized carbons (Fsp3) is 0.381. The van der Waals surface area contributed by atoms with Crippen LogP contribution in [0.2, 0.25) is 10.0 Å².